The fraction of sp³-hybridized carbons (Fsp3) is 0.538. The Bertz CT molecular complexity index is 397. The minimum Gasteiger partial charge on any atom is -0.496 e. The minimum absolute atomic E-state index is 0.230. The highest BCUT2D eigenvalue weighted by Gasteiger charge is 2.32. The molecule has 0 aliphatic heterocycles. The fourth-order valence-electron chi connectivity index (χ4n) is 2.45. The molecule has 0 aromatic heterocycles. The van der Waals surface area contributed by atoms with Gasteiger partial charge in [-0.25, -0.2) is 4.39 Å². The van der Waals surface area contributed by atoms with Gasteiger partial charge in [0.2, 0.25) is 0 Å². The van der Waals surface area contributed by atoms with Crippen molar-refractivity contribution in [2.45, 2.75) is 38.1 Å². The molecule has 2 N–H and O–H groups in total. The largest absolute Gasteiger partial charge is 0.496 e. The lowest BCUT2D eigenvalue weighted by molar-refractivity contribution is 0.399. The van der Waals surface area contributed by atoms with Gasteiger partial charge in [0.25, 0.3) is 0 Å². The normalized spacial score (nSPS) is 18.8. The number of ether oxygens (including phenoxy) is 1. The Balaban J connectivity index is 2.45. The molecule has 2 rings (SSSR count). The van der Waals surface area contributed by atoms with E-state index in [9.17, 15) is 4.39 Å². The smallest absolute Gasteiger partial charge is 0.130 e. The molecule has 1 aromatic carbocycles. The Kier molecular flexibility index (Phi) is 2.89. The van der Waals surface area contributed by atoms with Crippen molar-refractivity contribution in [2.75, 3.05) is 7.11 Å². The van der Waals surface area contributed by atoms with Crippen LogP contribution in [0, 0.1) is 12.7 Å². The number of methoxy groups -OCH3 is 1. The van der Waals surface area contributed by atoms with Crippen LogP contribution in [0.25, 0.3) is 0 Å². The zero-order valence-electron chi connectivity index (χ0n) is 9.85. The molecule has 1 aliphatic rings. The van der Waals surface area contributed by atoms with Gasteiger partial charge in [-0.15, -0.1) is 0 Å². The average Bonchev–Trinajstić information content (AvgIpc) is 2.70. The molecule has 88 valence electrons. The van der Waals surface area contributed by atoms with Crippen LogP contribution in [0.2, 0.25) is 0 Å². The summed E-state index contributed by atoms with van der Waals surface area (Å²) in [4.78, 5) is 0. The maximum atomic E-state index is 13.7. The van der Waals surface area contributed by atoms with Crippen molar-refractivity contribution in [1.82, 2.24) is 0 Å². The summed E-state index contributed by atoms with van der Waals surface area (Å²) in [5.74, 6) is 0.359. The van der Waals surface area contributed by atoms with Crippen LogP contribution in [0.1, 0.15) is 36.8 Å². The summed E-state index contributed by atoms with van der Waals surface area (Å²) in [6, 6.07) is 3.44. The van der Waals surface area contributed by atoms with Crippen LogP contribution in [0.15, 0.2) is 12.1 Å². The molecular weight excluding hydrogens is 205 g/mol. The van der Waals surface area contributed by atoms with E-state index in [1.54, 1.807) is 20.1 Å². The Morgan fingerprint density at radius 2 is 1.94 bits per heavy atom. The summed E-state index contributed by atoms with van der Waals surface area (Å²) in [6.45, 7) is 1.72. The number of rotatable bonds is 2. The zero-order valence-corrected chi connectivity index (χ0v) is 9.85. The van der Waals surface area contributed by atoms with Crippen LogP contribution in [-0.2, 0) is 5.54 Å². The number of hydrogen-bond donors (Lipinski definition) is 1. The molecule has 0 heterocycles. The number of hydrogen-bond acceptors (Lipinski definition) is 2. The molecule has 0 spiro atoms. The molecule has 0 saturated heterocycles. The fourth-order valence-corrected chi connectivity index (χ4v) is 2.45. The summed E-state index contributed by atoms with van der Waals surface area (Å²) in [6.07, 6.45) is 4.10. The van der Waals surface area contributed by atoms with E-state index in [-0.39, 0.29) is 11.4 Å². The molecule has 0 radical (unpaired) electrons. The Hall–Kier alpha value is -1.09. The highest BCUT2D eigenvalue weighted by molar-refractivity contribution is 5.41. The van der Waals surface area contributed by atoms with E-state index < -0.39 is 0 Å². The monoisotopic (exact) mass is 223 g/mol. The van der Waals surface area contributed by atoms with Crippen LogP contribution >= 0.6 is 0 Å². The lowest BCUT2D eigenvalue weighted by Crippen LogP contribution is -2.33. The molecule has 1 aromatic rings. The minimum atomic E-state index is -0.359. The Morgan fingerprint density at radius 1 is 1.31 bits per heavy atom. The second-order valence-corrected chi connectivity index (χ2v) is 4.65. The number of halogens is 1. The summed E-state index contributed by atoms with van der Waals surface area (Å²) >= 11 is 0. The van der Waals surface area contributed by atoms with Crippen molar-refractivity contribution in [3.63, 3.8) is 0 Å². The van der Waals surface area contributed by atoms with Gasteiger partial charge in [0.05, 0.1) is 7.11 Å². The first-order valence-electron chi connectivity index (χ1n) is 5.70. The second kappa shape index (κ2) is 4.06. The molecule has 0 atom stereocenters. The van der Waals surface area contributed by atoms with E-state index >= 15 is 0 Å². The van der Waals surface area contributed by atoms with Crippen molar-refractivity contribution in [3.05, 3.63) is 29.1 Å². The molecule has 0 bridgehead atoms. The third-order valence-electron chi connectivity index (χ3n) is 3.59. The summed E-state index contributed by atoms with van der Waals surface area (Å²) in [5.41, 5.74) is 7.36. The standard InChI is InChI=1S/C13H18FNO/c1-9-11(14)7-10(8-12(9)16-2)13(15)5-3-4-6-13/h7-8H,3-6,15H2,1-2H3. The van der Waals surface area contributed by atoms with Gasteiger partial charge in [0, 0.05) is 11.1 Å². The predicted octanol–water partition coefficient (Wildman–Crippen LogP) is 2.87. The van der Waals surface area contributed by atoms with Crippen LogP contribution in [0.3, 0.4) is 0 Å². The topological polar surface area (TPSA) is 35.2 Å². The van der Waals surface area contributed by atoms with Gasteiger partial charge in [-0.05, 0) is 37.5 Å². The van der Waals surface area contributed by atoms with Crippen molar-refractivity contribution < 1.29 is 9.13 Å². The molecule has 0 unspecified atom stereocenters. The molecule has 3 heteroatoms. The quantitative estimate of drug-likeness (QED) is 0.836. The first-order valence-corrected chi connectivity index (χ1v) is 5.70. The van der Waals surface area contributed by atoms with Crippen LogP contribution < -0.4 is 10.5 Å². The van der Waals surface area contributed by atoms with Gasteiger partial charge in [0.15, 0.2) is 0 Å². The molecule has 1 fully saturated rings. The van der Waals surface area contributed by atoms with Gasteiger partial charge < -0.3 is 10.5 Å². The lowest BCUT2D eigenvalue weighted by Gasteiger charge is -2.25. The van der Waals surface area contributed by atoms with Gasteiger partial charge in [-0.1, -0.05) is 12.8 Å². The molecular formula is C13H18FNO. The highest BCUT2D eigenvalue weighted by atomic mass is 19.1. The molecule has 1 aliphatic carbocycles. The van der Waals surface area contributed by atoms with E-state index in [0.29, 0.717) is 11.3 Å². The lowest BCUT2D eigenvalue weighted by atomic mass is 9.88. The van der Waals surface area contributed by atoms with Gasteiger partial charge in [0.1, 0.15) is 11.6 Å². The Labute approximate surface area is 95.6 Å². The third kappa shape index (κ3) is 1.80. The molecule has 16 heavy (non-hydrogen) atoms. The zero-order chi connectivity index (χ0) is 11.8. The third-order valence-corrected chi connectivity index (χ3v) is 3.59. The molecule has 0 amide bonds. The summed E-state index contributed by atoms with van der Waals surface area (Å²) < 4.78 is 18.9. The Morgan fingerprint density at radius 3 is 2.50 bits per heavy atom. The van der Waals surface area contributed by atoms with Crippen molar-refractivity contribution in [2.24, 2.45) is 5.73 Å². The molecule has 1 saturated carbocycles. The van der Waals surface area contributed by atoms with Crippen molar-refractivity contribution >= 4 is 0 Å². The van der Waals surface area contributed by atoms with Crippen LogP contribution in [-0.4, -0.2) is 7.11 Å². The number of benzene rings is 1. The van der Waals surface area contributed by atoms with Crippen molar-refractivity contribution in [1.29, 1.82) is 0 Å². The van der Waals surface area contributed by atoms with Gasteiger partial charge in [-0.2, -0.15) is 0 Å². The first kappa shape index (κ1) is 11.4. The van der Waals surface area contributed by atoms with Gasteiger partial charge >= 0.3 is 0 Å². The SMILES string of the molecule is COc1cc(C2(N)CCCC2)cc(F)c1C. The first-order chi connectivity index (χ1) is 7.57. The molecule has 2 nitrogen and oxygen atoms in total. The number of nitrogens with two attached hydrogens (primary N) is 1. The van der Waals surface area contributed by atoms with E-state index in [0.717, 1.165) is 31.2 Å². The van der Waals surface area contributed by atoms with E-state index in [1.807, 2.05) is 6.07 Å². The van der Waals surface area contributed by atoms with E-state index in [2.05, 4.69) is 0 Å². The summed E-state index contributed by atoms with van der Waals surface area (Å²) in [5, 5.41) is 0. The summed E-state index contributed by atoms with van der Waals surface area (Å²) in [7, 11) is 1.56. The van der Waals surface area contributed by atoms with E-state index in [1.165, 1.54) is 0 Å². The average molecular weight is 223 g/mol. The van der Waals surface area contributed by atoms with Gasteiger partial charge in [-0.3, -0.25) is 0 Å². The predicted molar refractivity (Wildman–Crippen MR) is 62.0 cm³/mol. The second-order valence-electron chi connectivity index (χ2n) is 4.65. The van der Waals surface area contributed by atoms with Crippen LogP contribution in [0.5, 0.6) is 5.75 Å². The highest BCUT2D eigenvalue weighted by Crippen LogP contribution is 2.38. The maximum absolute atomic E-state index is 13.7. The van der Waals surface area contributed by atoms with Crippen LogP contribution in [0.4, 0.5) is 4.39 Å². The maximum Gasteiger partial charge on any atom is 0.130 e. The van der Waals surface area contributed by atoms with E-state index in [4.69, 9.17) is 10.5 Å². The van der Waals surface area contributed by atoms with Crippen molar-refractivity contribution in [3.8, 4) is 5.75 Å².